The third-order valence-electron chi connectivity index (χ3n) is 4.37. The molecule has 0 saturated carbocycles. The molecule has 2 N–H and O–H groups in total. The van der Waals surface area contributed by atoms with Gasteiger partial charge in [0.05, 0.1) is 31.9 Å². The number of nitrogens with one attached hydrogen (secondary N) is 1. The van der Waals surface area contributed by atoms with Crippen LogP contribution in [0.5, 0.6) is 23.1 Å². The first-order valence-electron chi connectivity index (χ1n) is 8.74. The van der Waals surface area contributed by atoms with Crippen molar-refractivity contribution in [3.05, 3.63) is 45.6 Å². The van der Waals surface area contributed by atoms with Gasteiger partial charge in [0.15, 0.2) is 16.6 Å². The third-order valence-corrected chi connectivity index (χ3v) is 5.28. The molecule has 1 aliphatic rings. The Bertz CT molecular complexity index is 1190. The van der Waals surface area contributed by atoms with Gasteiger partial charge in [-0.05, 0) is 23.4 Å². The summed E-state index contributed by atoms with van der Waals surface area (Å²) in [7, 11) is 4.67. The Balaban J connectivity index is 1.65. The van der Waals surface area contributed by atoms with Crippen molar-refractivity contribution in [2.75, 3.05) is 26.6 Å². The molecule has 29 heavy (non-hydrogen) atoms. The quantitative estimate of drug-likeness (QED) is 0.651. The first-order chi connectivity index (χ1) is 14.1. The number of aliphatic imine (C=N–C) groups is 1. The highest BCUT2D eigenvalue weighted by molar-refractivity contribution is 7.16. The molecule has 1 aliphatic heterocycles. The van der Waals surface area contributed by atoms with E-state index in [2.05, 4.69) is 15.3 Å². The third kappa shape index (κ3) is 3.74. The molecule has 0 aliphatic carbocycles. The molecule has 0 radical (unpaired) electrons. The number of hydrogen-bond donors (Lipinski definition) is 2. The molecule has 8 heteroatoms. The lowest BCUT2D eigenvalue weighted by Crippen LogP contribution is -2.06. The summed E-state index contributed by atoms with van der Waals surface area (Å²) >= 11 is 1.33. The lowest BCUT2D eigenvalue weighted by atomic mass is 10.2. The fraction of sp³-hybridized carbons (Fsp3) is 0.143. The summed E-state index contributed by atoms with van der Waals surface area (Å²) in [5, 5.41) is 16.0. The predicted molar refractivity (Wildman–Crippen MR) is 115 cm³/mol. The maximum absolute atomic E-state index is 10.3. The molecule has 0 amide bonds. The second kappa shape index (κ2) is 7.84. The van der Waals surface area contributed by atoms with E-state index in [-0.39, 0.29) is 5.88 Å². The molecule has 4 rings (SSSR count). The predicted octanol–water partition coefficient (Wildman–Crippen LogP) is 2.94. The molecule has 0 atom stereocenters. The topological polar surface area (TPSA) is 85.2 Å². The zero-order valence-corrected chi connectivity index (χ0v) is 16.9. The first-order valence-corrected chi connectivity index (χ1v) is 9.56. The zero-order valence-electron chi connectivity index (χ0n) is 16.1. The van der Waals surface area contributed by atoms with Crippen LogP contribution in [-0.4, -0.2) is 37.6 Å². The van der Waals surface area contributed by atoms with Gasteiger partial charge in [0, 0.05) is 29.3 Å². The lowest BCUT2D eigenvalue weighted by Gasteiger charge is -2.14. The summed E-state index contributed by atoms with van der Waals surface area (Å²) in [4.78, 5) is 9.17. The number of aromatic hydroxyl groups is 1. The van der Waals surface area contributed by atoms with Gasteiger partial charge < -0.3 is 24.6 Å². The fourth-order valence-electron chi connectivity index (χ4n) is 3.00. The standard InChI is InChI=1S/C21H19N3O4S/c1-26-16-10-14(11-17(27-2)19(16)28-3)23-21-24-20(25)18(29-21)9-12-4-5-13-6-7-22-15(13)8-12/h4-11,25H,1-3H3,(H,23,24)/b12-9+. The van der Waals surface area contributed by atoms with Gasteiger partial charge in [-0.3, -0.25) is 4.99 Å². The van der Waals surface area contributed by atoms with E-state index < -0.39 is 0 Å². The van der Waals surface area contributed by atoms with E-state index in [0.29, 0.717) is 32.9 Å². The first kappa shape index (κ1) is 18.8. The van der Waals surface area contributed by atoms with E-state index in [1.165, 1.54) is 11.3 Å². The number of aromatic nitrogens is 1. The van der Waals surface area contributed by atoms with Crippen molar-refractivity contribution in [1.29, 1.82) is 0 Å². The maximum atomic E-state index is 10.3. The molecular formula is C21H19N3O4S. The number of ether oxygens (including phenoxy) is 3. The summed E-state index contributed by atoms with van der Waals surface area (Å²) in [6, 6.07) is 9.51. The van der Waals surface area contributed by atoms with Crippen molar-refractivity contribution in [2.24, 2.45) is 4.99 Å². The van der Waals surface area contributed by atoms with Crippen LogP contribution in [0.1, 0.15) is 4.88 Å². The molecule has 7 nitrogen and oxygen atoms in total. The summed E-state index contributed by atoms with van der Waals surface area (Å²) < 4.78 is 16.1. The molecule has 2 aromatic carbocycles. The second-order valence-electron chi connectivity index (χ2n) is 6.15. The van der Waals surface area contributed by atoms with Crippen LogP contribution >= 0.6 is 11.3 Å². The van der Waals surface area contributed by atoms with Crippen molar-refractivity contribution in [3.63, 3.8) is 0 Å². The van der Waals surface area contributed by atoms with Crippen LogP contribution < -0.4 is 30.0 Å². The van der Waals surface area contributed by atoms with E-state index in [1.807, 2.05) is 30.4 Å². The van der Waals surface area contributed by atoms with Gasteiger partial charge in [-0.2, -0.15) is 4.98 Å². The minimum absolute atomic E-state index is 0.0412. The number of methoxy groups -OCH3 is 3. The smallest absolute Gasteiger partial charge is 0.231 e. The fourth-order valence-corrected chi connectivity index (χ4v) is 3.84. The molecule has 0 saturated heterocycles. The maximum Gasteiger partial charge on any atom is 0.231 e. The SMILES string of the molecule is COc1cc(Nc2nc(O)c(/C=c3\ccc4c(c3)N=CC=4)s2)cc(OC)c1OC. The molecule has 1 aromatic heterocycles. The number of hydrogen-bond acceptors (Lipinski definition) is 8. The number of thiazole rings is 1. The van der Waals surface area contributed by atoms with Crippen molar-refractivity contribution < 1.29 is 19.3 Å². The van der Waals surface area contributed by atoms with E-state index in [9.17, 15) is 5.11 Å². The number of benzene rings is 2. The largest absolute Gasteiger partial charge is 0.493 e. The Kier molecular flexibility index (Phi) is 5.09. The van der Waals surface area contributed by atoms with Gasteiger partial charge in [0.1, 0.15) is 0 Å². The summed E-state index contributed by atoms with van der Waals surface area (Å²) in [6.45, 7) is 0. The summed E-state index contributed by atoms with van der Waals surface area (Å²) in [5.74, 6) is 1.52. The highest BCUT2D eigenvalue weighted by Crippen LogP contribution is 2.41. The molecule has 0 bridgehead atoms. The van der Waals surface area contributed by atoms with Crippen LogP contribution in [0.15, 0.2) is 35.3 Å². The second-order valence-corrected chi connectivity index (χ2v) is 7.18. The van der Waals surface area contributed by atoms with E-state index in [0.717, 1.165) is 16.1 Å². The average Bonchev–Trinajstić information content (AvgIpc) is 3.33. The van der Waals surface area contributed by atoms with Crippen molar-refractivity contribution in [3.8, 4) is 23.1 Å². The molecule has 0 spiro atoms. The molecular weight excluding hydrogens is 390 g/mol. The van der Waals surface area contributed by atoms with Gasteiger partial charge in [-0.15, -0.1) is 0 Å². The van der Waals surface area contributed by atoms with E-state index >= 15 is 0 Å². The van der Waals surface area contributed by atoms with Crippen LogP contribution in [0.4, 0.5) is 16.5 Å². The number of fused-ring (bicyclic) bond motifs is 1. The molecule has 0 fully saturated rings. The Morgan fingerprint density at radius 2 is 1.79 bits per heavy atom. The van der Waals surface area contributed by atoms with Crippen molar-refractivity contribution in [2.45, 2.75) is 0 Å². The van der Waals surface area contributed by atoms with Crippen LogP contribution in [-0.2, 0) is 0 Å². The van der Waals surface area contributed by atoms with Crippen LogP contribution in [0.25, 0.3) is 12.2 Å². The average molecular weight is 409 g/mol. The molecule has 148 valence electrons. The molecule has 3 aromatic rings. The van der Waals surface area contributed by atoms with Gasteiger partial charge in [0.25, 0.3) is 0 Å². The number of rotatable bonds is 6. The lowest BCUT2D eigenvalue weighted by molar-refractivity contribution is 0.324. The normalized spacial score (nSPS) is 12.4. The zero-order chi connectivity index (χ0) is 20.4. The Labute approximate surface area is 171 Å². The Morgan fingerprint density at radius 3 is 2.48 bits per heavy atom. The van der Waals surface area contributed by atoms with Crippen LogP contribution in [0.2, 0.25) is 0 Å². The van der Waals surface area contributed by atoms with Gasteiger partial charge in [-0.25, -0.2) is 0 Å². The van der Waals surface area contributed by atoms with E-state index in [4.69, 9.17) is 14.2 Å². The van der Waals surface area contributed by atoms with Crippen LogP contribution in [0, 0.1) is 0 Å². The van der Waals surface area contributed by atoms with Crippen molar-refractivity contribution in [1.82, 2.24) is 4.98 Å². The van der Waals surface area contributed by atoms with Crippen LogP contribution in [0.3, 0.4) is 0 Å². The minimum atomic E-state index is -0.0412. The highest BCUT2D eigenvalue weighted by atomic mass is 32.1. The summed E-state index contributed by atoms with van der Waals surface area (Å²) in [5.41, 5.74) is 1.61. The monoisotopic (exact) mass is 409 g/mol. The molecule has 2 heterocycles. The number of anilines is 2. The molecule has 0 unspecified atom stereocenters. The Hall–Kier alpha value is -3.52. The van der Waals surface area contributed by atoms with Gasteiger partial charge in [0.2, 0.25) is 11.6 Å². The highest BCUT2D eigenvalue weighted by Gasteiger charge is 2.15. The Morgan fingerprint density at radius 1 is 1.03 bits per heavy atom. The summed E-state index contributed by atoms with van der Waals surface area (Å²) in [6.07, 6.45) is 5.61. The van der Waals surface area contributed by atoms with Gasteiger partial charge >= 0.3 is 0 Å². The van der Waals surface area contributed by atoms with Gasteiger partial charge in [-0.1, -0.05) is 23.5 Å². The van der Waals surface area contributed by atoms with Crippen molar-refractivity contribution >= 4 is 46.2 Å². The van der Waals surface area contributed by atoms with E-state index in [1.54, 1.807) is 39.7 Å². The minimum Gasteiger partial charge on any atom is -0.493 e. The number of nitrogens with zero attached hydrogens (tertiary/aromatic N) is 2.